The van der Waals surface area contributed by atoms with Crippen LogP contribution in [0.1, 0.15) is 38.0 Å². The van der Waals surface area contributed by atoms with Gasteiger partial charge in [0, 0.05) is 24.8 Å². The molecule has 0 fully saturated rings. The molecular weight excluding hydrogens is 454 g/mol. The summed E-state index contributed by atoms with van der Waals surface area (Å²) in [4.78, 5) is 52.9. The summed E-state index contributed by atoms with van der Waals surface area (Å²) in [5.74, 6) is -0.633. The molecule has 0 saturated heterocycles. The first kappa shape index (κ1) is 23.7. The maximum Gasteiger partial charge on any atom is 0.321 e. The van der Waals surface area contributed by atoms with Gasteiger partial charge in [-0.1, -0.05) is 12.1 Å². The lowest BCUT2D eigenvalue weighted by Gasteiger charge is -2.25. The van der Waals surface area contributed by atoms with E-state index in [0.717, 1.165) is 11.8 Å². The number of nitrogens with one attached hydrogen (secondary N) is 3. The zero-order chi connectivity index (χ0) is 24.2. The van der Waals surface area contributed by atoms with Crippen LogP contribution in [-0.2, 0) is 21.4 Å². The number of hydrogen-bond acceptors (Lipinski definition) is 8. The second-order valence-corrected chi connectivity index (χ2v) is 8.93. The standard InChI is InChI=1S/C20H21N5O7S/c1-32-14-5-3-13-9-25(19(28)15(13)7-14)10-17(23-20(29)22-11-26)12-4-6-16(21-8-12)18(27)24-33(2,30)31/h3-8,11,17H,9-10H2,1-2H3,(H,24,27)(H2,22,23,26,29)/t17-/m0/s1. The minimum atomic E-state index is -3.76. The molecule has 0 aliphatic carbocycles. The summed E-state index contributed by atoms with van der Waals surface area (Å²) in [5, 5.41) is 4.55. The molecule has 1 aliphatic rings. The molecular formula is C20H21N5O7S. The average molecular weight is 475 g/mol. The van der Waals surface area contributed by atoms with Crippen molar-refractivity contribution in [1.29, 1.82) is 0 Å². The lowest BCUT2D eigenvalue weighted by atomic mass is 10.1. The Hall–Kier alpha value is -4.00. The third-order valence-electron chi connectivity index (χ3n) is 4.79. The smallest absolute Gasteiger partial charge is 0.321 e. The minimum absolute atomic E-state index is 0.0403. The molecule has 1 aromatic carbocycles. The fourth-order valence-electron chi connectivity index (χ4n) is 3.29. The zero-order valence-corrected chi connectivity index (χ0v) is 18.5. The zero-order valence-electron chi connectivity index (χ0n) is 17.7. The summed E-state index contributed by atoms with van der Waals surface area (Å²) < 4.78 is 29.5. The Bertz CT molecular complexity index is 1200. The number of sulfonamides is 1. The number of imide groups is 1. The van der Waals surface area contributed by atoms with Crippen molar-refractivity contribution in [2.24, 2.45) is 0 Å². The lowest BCUT2D eigenvalue weighted by Crippen LogP contribution is -2.42. The average Bonchev–Trinajstić information content (AvgIpc) is 3.07. The molecule has 3 N–H and O–H groups in total. The van der Waals surface area contributed by atoms with E-state index in [9.17, 15) is 27.6 Å². The maximum absolute atomic E-state index is 12.9. The van der Waals surface area contributed by atoms with Crippen molar-refractivity contribution < 1.29 is 32.3 Å². The topological polar surface area (TPSA) is 164 Å². The molecule has 174 valence electrons. The Balaban J connectivity index is 1.82. The van der Waals surface area contributed by atoms with Gasteiger partial charge in [0.25, 0.3) is 11.8 Å². The molecule has 1 aliphatic heterocycles. The second-order valence-electron chi connectivity index (χ2n) is 7.18. The van der Waals surface area contributed by atoms with E-state index < -0.39 is 28.0 Å². The molecule has 0 bridgehead atoms. The van der Waals surface area contributed by atoms with Crippen molar-refractivity contribution in [3.8, 4) is 5.75 Å². The Labute approximate surface area is 189 Å². The molecule has 1 atom stereocenters. The van der Waals surface area contributed by atoms with Crippen molar-refractivity contribution in [3.63, 3.8) is 0 Å². The minimum Gasteiger partial charge on any atom is -0.497 e. The molecule has 0 saturated carbocycles. The third-order valence-corrected chi connectivity index (χ3v) is 5.35. The Morgan fingerprint density at radius 1 is 1.27 bits per heavy atom. The van der Waals surface area contributed by atoms with Gasteiger partial charge in [-0.25, -0.2) is 17.9 Å². The summed E-state index contributed by atoms with van der Waals surface area (Å²) in [6.45, 7) is 0.340. The number of nitrogens with zero attached hydrogens (tertiary/aromatic N) is 2. The van der Waals surface area contributed by atoms with E-state index >= 15 is 0 Å². The number of aromatic nitrogens is 1. The number of ether oxygens (including phenoxy) is 1. The van der Waals surface area contributed by atoms with E-state index in [1.165, 1.54) is 30.3 Å². The lowest BCUT2D eigenvalue weighted by molar-refractivity contribution is -0.108. The molecule has 0 radical (unpaired) electrons. The Kier molecular flexibility index (Phi) is 6.92. The maximum atomic E-state index is 12.9. The van der Waals surface area contributed by atoms with Crippen LogP contribution in [0.25, 0.3) is 0 Å². The van der Waals surface area contributed by atoms with Crippen LogP contribution in [0, 0.1) is 0 Å². The van der Waals surface area contributed by atoms with Gasteiger partial charge in [0.05, 0.1) is 19.4 Å². The van der Waals surface area contributed by atoms with Gasteiger partial charge >= 0.3 is 6.03 Å². The first-order chi connectivity index (χ1) is 15.6. The highest BCUT2D eigenvalue weighted by Gasteiger charge is 2.31. The molecule has 5 amide bonds. The summed E-state index contributed by atoms with van der Waals surface area (Å²) in [5.41, 5.74) is 1.55. The number of benzene rings is 1. The van der Waals surface area contributed by atoms with Crippen molar-refractivity contribution in [1.82, 2.24) is 25.2 Å². The van der Waals surface area contributed by atoms with Crippen molar-refractivity contribution in [3.05, 3.63) is 58.9 Å². The predicted molar refractivity (Wildman–Crippen MR) is 115 cm³/mol. The normalized spacial score (nSPS) is 13.6. The quantitative estimate of drug-likeness (QED) is 0.447. The fourth-order valence-corrected chi connectivity index (χ4v) is 3.73. The number of methoxy groups -OCH3 is 1. The summed E-state index contributed by atoms with van der Waals surface area (Å²) >= 11 is 0. The Morgan fingerprint density at radius 3 is 2.64 bits per heavy atom. The third kappa shape index (κ3) is 5.83. The first-order valence-corrected chi connectivity index (χ1v) is 11.5. The van der Waals surface area contributed by atoms with Crippen LogP contribution in [0.4, 0.5) is 4.79 Å². The van der Waals surface area contributed by atoms with Gasteiger partial charge in [0.15, 0.2) is 0 Å². The largest absolute Gasteiger partial charge is 0.497 e. The van der Waals surface area contributed by atoms with Gasteiger partial charge in [-0.2, -0.15) is 0 Å². The monoisotopic (exact) mass is 475 g/mol. The number of rotatable bonds is 8. The Morgan fingerprint density at radius 2 is 2.03 bits per heavy atom. The van der Waals surface area contributed by atoms with Gasteiger partial charge in [0.2, 0.25) is 16.4 Å². The second kappa shape index (κ2) is 9.65. The van der Waals surface area contributed by atoms with Gasteiger partial charge in [-0.05, 0) is 29.3 Å². The van der Waals surface area contributed by atoms with Gasteiger partial charge < -0.3 is 15.0 Å². The predicted octanol–water partition coefficient (Wildman–Crippen LogP) is -0.0677. The van der Waals surface area contributed by atoms with Crippen LogP contribution in [0.15, 0.2) is 36.5 Å². The van der Waals surface area contributed by atoms with E-state index in [4.69, 9.17) is 4.74 Å². The van der Waals surface area contributed by atoms with E-state index in [0.29, 0.717) is 23.4 Å². The van der Waals surface area contributed by atoms with Gasteiger partial charge in [0.1, 0.15) is 11.4 Å². The van der Waals surface area contributed by atoms with Crippen LogP contribution in [0.2, 0.25) is 0 Å². The highest BCUT2D eigenvalue weighted by Crippen LogP contribution is 2.28. The van der Waals surface area contributed by atoms with Crippen LogP contribution in [0.3, 0.4) is 0 Å². The molecule has 33 heavy (non-hydrogen) atoms. The number of urea groups is 1. The van der Waals surface area contributed by atoms with Crippen LogP contribution < -0.4 is 20.1 Å². The number of carbonyl (C=O) groups excluding carboxylic acids is 4. The van der Waals surface area contributed by atoms with E-state index in [1.54, 1.807) is 22.9 Å². The number of fused-ring (bicyclic) bond motifs is 1. The number of hydrogen-bond donors (Lipinski definition) is 3. The van der Waals surface area contributed by atoms with Crippen molar-refractivity contribution >= 4 is 34.3 Å². The number of pyridine rings is 1. The van der Waals surface area contributed by atoms with Crippen LogP contribution in [-0.4, -0.2) is 62.5 Å². The highest BCUT2D eigenvalue weighted by atomic mass is 32.2. The van der Waals surface area contributed by atoms with Crippen molar-refractivity contribution in [2.75, 3.05) is 19.9 Å². The van der Waals surface area contributed by atoms with E-state index in [2.05, 4.69) is 10.3 Å². The summed E-state index contributed by atoms with van der Waals surface area (Å²) in [6, 6.07) is 6.33. The van der Waals surface area contributed by atoms with E-state index in [1.807, 2.05) is 5.32 Å². The van der Waals surface area contributed by atoms with Gasteiger partial charge in [-0.3, -0.25) is 24.7 Å². The molecule has 3 rings (SSSR count). The molecule has 12 nitrogen and oxygen atoms in total. The molecule has 13 heteroatoms. The van der Waals surface area contributed by atoms with Crippen LogP contribution in [0.5, 0.6) is 5.75 Å². The molecule has 0 spiro atoms. The SMILES string of the molecule is COc1ccc2c(c1)C(=O)N(C[C@H](NC(=O)NC=O)c1ccc(C(=O)NS(C)(=O)=O)nc1)C2. The van der Waals surface area contributed by atoms with Crippen LogP contribution >= 0.6 is 0 Å². The molecule has 2 aromatic rings. The number of carbonyl (C=O) groups is 4. The molecule has 1 aromatic heterocycles. The summed E-state index contributed by atoms with van der Waals surface area (Å²) in [6.07, 6.45) is 2.33. The molecule has 2 heterocycles. The number of amides is 5. The summed E-state index contributed by atoms with van der Waals surface area (Å²) in [7, 11) is -2.27. The van der Waals surface area contributed by atoms with E-state index in [-0.39, 0.29) is 24.6 Å². The molecule has 0 unspecified atom stereocenters. The fraction of sp³-hybridized carbons (Fsp3) is 0.250. The van der Waals surface area contributed by atoms with Gasteiger partial charge in [-0.15, -0.1) is 0 Å². The highest BCUT2D eigenvalue weighted by molar-refractivity contribution is 7.89. The first-order valence-electron chi connectivity index (χ1n) is 9.56. The van der Waals surface area contributed by atoms with Crippen molar-refractivity contribution in [2.45, 2.75) is 12.6 Å².